The van der Waals surface area contributed by atoms with Crippen LogP contribution in [0.15, 0.2) is 42.7 Å². The number of H-pyrrole nitrogens is 2. The van der Waals surface area contributed by atoms with Crippen LogP contribution in [0.3, 0.4) is 0 Å². The number of nitrogens with zero attached hydrogens (tertiary/aromatic N) is 6. The first-order chi connectivity index (χ1) is 16.0. The Kier molecular flexibility index (Phi) is 4.24. The second-order valence-electron chi connectivity index (χ2n) is 7.78. The molecule has 9 nitrogen and oxygen atoms in total. The zero-order valence-electron chi connectivity index (χ0n) is 18.0. The highest BCUT2D eigenvalue weighted by atomic mass is 32.1. The highest BCUT2D eigenvalue weighted by molar-refractivity contribution is 7.17. The fraction of sp³-hybridized carbons (Fsp3) is 0.130. The molecule has 0 fully saturated rings. The number of ketones is 1. The van der Waals surface area contributed by atoms with Crippen LogP contribution >= 0.6 is 11.3 Å². The van der Waals surface area contributed by atoms with Gasteiger partial charge in [0.05, 0.1) is 28.0 Å². The minimum atomic E-state index is 0.0488. The van der Waals surface area contributed by atoms with Gasteiger partial charge in [-0.05, 0) is 44.2 Å². The number of Topliss-reactive ketones (excluding diaryl/α,β-unsaturated/α-hetero) is 1. The molecule has 0 saturated carbocycles. The molecule has 0 aliphatic rings. The molecule has 6 aromatic heterocycles. The molecule has 0 radical (unpaired) electrons. The number of hydrogen-bond acceptors (Lipinski definition) is 7. The molecular weight excluding hydrogens is 436 g/mol. The number of thiophene rings is 1. The van der Waals surface area contributed by atoms with Gasteiger partial charge in [-0.15, -0.1) is 11.3 Å². The highest BCUT2D eigenvalue weighted by Crippen LogP contribution is 2.34. The van der Waals surface area contributed by atoms with Crippen molar-refractivity contribution in [1.82, 2.24) is 39.7 Å². The number of rotatable bonds is 4. The average molecular weight is 455 g/mol. The van der Waals surface area contributed by atoms with Crippen molar-refractivity contribution in [2.75, 3.05) is 0 Å². The first-order valence-corrected chi connectivity index (χ1v) is 11.1. The fourth-order valence-electron chi connectivity index (χ4n) is 3.84. The molecule has 0 atom stereocenters. The third kappa shape index (κ3) is 3.06. The molecule has 0 aromatic carbocycles. The van der Waals surface area contributed by atoms with Crippen LogP contribution in [0.1, 0.15) is 22.4 Å². The number of carbonyl (C=O) groups excluding carboxylic acids is 1. The number of aromatic nitrogens is 8. The molecule has 162 valence electrons. The monoisotopic (exact) mass is 454 g/mol. The van der Waals surface area contributed by atoms with E-state index < -0.39 is 0 Å². The summed E-state index contributed by atoms with van der Waals surface area (Å²) in [6, 6.07) is 9.60. The summed E-state index contributed by atoms with van der Waals surface area (Å²) in [5.41, 5.74) is 6.15. The lowest BCUT2D eigenvalue weighted by Gasteiger charge is -2.03. The zero-order valence-corrected chi connectivity index (χ0v) is 18.9. The van der Waals surface area contributed by atoms with E-state index in [4.69, 9.17) is 9.97 Å². The molecule has 0 saturated heterocycles. The summed E-state index contributed by atoms with van der Waals surface area (Å²) >= 11 is 1.45. The predicted molar refractivity (Wildman–Crippen MR) is 127 cm³/mol. The largest absolute Gasteiger partial charge is 0.330 e. The van der Waals surface area contributed by atoms with Crippen LogP contribution in [0.2, 0.25) is 0 Å². The molecule has 33 heavy (non-hydrogen) atoms. The molecule has 0 unspecified atom stereocenters. The number of hydrogen-bond donors (Lipinski definition) is 2. The normalized spacial score (nSPS) is 11.6. The van der Waals surface area contributed by atoms with Crippen molar-refractivity contribution < 1.29 is 4.79 Å². The highest BCUT2D eigenvalue weighted by Gasteiger charge is 2.19. The van der Waals surface area contributed by atoms with Crippen molar-refractivity contribution in [2.45, 2.75) is 13.8 Å². The van der Waals surface area contributed by atoms with E-state index in [1.54, 1.807) is 13.1 Å². The summed E-state index contributed by atoms with van der Waals surface area (Å²) in [5.74, 6) is 1.54. The molecule has 0 spiro atoms. The minimum absolute atomic E-state index is 0.0488. The van der Waals surface area contributed by atoms with Gasteiger partial charge in [0.2, 0.25) is 0 Å². The molecule has 6 rings (SSSR count). The number of aromatic amines is 2. The third-order valence-electron chi connectivity index (χ3n) is 5.72. The maximum atomic E-state index is 11.7. The van der Waals surface area contributed by atoms with Crippen LogP contribution in [0.4, 0.5) is 0 Å². The lowest BCUT2D eigenvalue weighted by Crippen LogP contribution is -1.96. The number of pyridine rings is 2. The SMILES string of the molecule is CC(=O)c1ccc(-c2ccnc3[nH]c(-c4n[nH]c5ccc(-c6cnc(C)n6C)nc45)nc23)s1. The lowest BCUT2D eigenvalue weighted by molar-refractivity contribution is 0.102. The first kappa shape index (κ1) is 19.5. The number of nitrogens with one attached hydrogen (secondary N) is 2. The molecule has 2 N–H and O–H groups in total. The van der Waals surface area contributed by atoms with Gasteiger partial charge in [0.15, 0.2) is 22.9 Å². The molecule has 0 amide bonds. The second kappa shape index (κ2) is 7.17. The van der Waals surface area contributed by atoms with Crippen LogP contribution < -0.4 is 0 Å². The van der Waals surface area contributed by atoms with Crippen molar-refractivity contribution >= 4 is 39.3 Å². The summed E-state index contributed by atoms with van der Waals surface area (Å²) in [5, 5.41) is 7.52. The summed E-state index contributed by atoms with van der Waals surface area (Å²) < 4.78 is 2.00. The Hall–Kier alpha value is -4.18. The Balaban J connectivity index is 1.49. The number of imidazole rings is 2. The topological polar surface area (TPSA) is 118 Å². The van der Waals surface area contributed by atoms with Gasteiger partial charge in [0.25, 0.3) is 0 Å². The Bertz CT molecular complexity index is 1690. The molecule has 0 aliphatic carbocycles. The van der Waals surface area contributed by atoms with Gasteiger partial charge in [0, 0.05) is 23.7 Å². The third-order valence-corrected chi connectivity index (χ3v) is 6.94. The summed E-state index contributed by atoms with van der Waals surface area (Å²) in [4.78, 5) is 35.2. The Morgan fingerprint density at radius 3 is 2.70 bits per heavy atom. The van der Waals surface area contributed by atoms with Crippen molar-refractivity contribution in [3.63, 3.8) is 0 Å². The fourth-order valence-corrected chi connectivity index (χ4v) is 4.77. The van der Waals surface area contributed by atoms with E-state index in [-0.39, 0.29) is 5.78 Å². The predicted octanol–water partition coefficient (Wildman–Crippen LogP) is 4.54. The van der Waals surface area contributed by atoms with Gasteiger partial charge >= 0.3 is 0 Å². The number of carbonyl (C=O) groups is 1. The van der Waals surface area contributed by atoms with Gasteiger partial charge in [-0.3, -0.25) is 9.89 Å². The maximum absolute atomic E-state index is 11.7. The quantitative estimate of drug-likeness (QED) is 0.378. The van der Waals surface area contributed by atoms with Gasteiger partial charge in [-0.25, -0.2) is 19.9 Å². The smallest absolute Gasteiger partial charge is 0.169 e. The molecule has 6 aromatic rings. The van der Waals surface area contributed by atoms with Crippen LogP contribution in [0.5, 0.6) is 0 Å². The minimum Gasteiger partial charge on any atom is -0.330 e. The number of aryl methyl sites for hydroxylation is 1. The van der Waals surface area contributed by atoms with Gasteiger partial charge in [-0.1, -0.05) is 0 Å². The Morgan fingerprint density at radius 1 is 1.06 bits per heavy atom. The van der Waals surface area contributed by atoms with Crippen molar-refractivity contribution in [2.24, 2.45) is 7.05 Å². The lowest BCUT2D eigenvalue weighted by atomic mass is 10.2. The van der Waals surface area contributed by atoms with E-state index in [1.807, 2.05) is 55.1 Å². The number of fused-ring (bicyclic) bond motifs is 2. The molecule has 10 heteroatoms. The standard InChI is InChI=1S/C23H18N8OS/c1-11(32)17-6-7-18(33-17)13-8-9-24-22-19(13)27-23(28-22)21-20-15(29-30-21)5-4-14(26-20)16-10-25-12(2)31(16)3/h4-10H,1-3H3,(H,29,30)(H,24,27,28). The Morgan fingerprint density at radius 2 is 1.94 bits per heavy atom. The summed E-state index contributed by atoms with van der Waals surface area (Å²) in [7, 11) is 1.97. The van der Waals surface area contributed by atoms with Crippen LogP contribution in [-0.4, -0.2) is 45.5 Å². The molecule has 6 heterocycles. The van der Waals surface area contributed by atoms with Crippen molar-refractivity contribution in [3.8, 4) is 33.3 Å². The molecular formula is C23H18N8OS. The second-order valence-corrected chi connectivity index (χ2v) is 8.86. The summed E-state index contributed by atoms with van der Waals surface area (Å²) in [6.07, 6.45) is 3.55. The zero-order chi connectivity index (χ0) is 22.7. The van der Waals surface area contributed by atoms with Crippen LogP contribution in [0, 0.1) is 6.92 Å². The maximum Gasteiger partial charge on any atom is 0.169 e. The Labute approximate surface area is 191 Å². The van der Waals surface area contributed by atoms with E-state index in [2.05, 4.69) is 25.1 Å². The van der Waals surface area contributed by atoms with Gasteiger partial charge in [0.1, 0.15) is 16.9 Å². The first-order valence-electron chi connectivity index (χ1n) is 10.3. The van der Waals surface area contributed by atoms with Gasteiger partial charge < -0.3 is 9.55 Å². The molecule has 0 bridgehead atoms. The molecule has 0 aliphatic heterocycles. The summed E-state index contributed by atoms with van der Waals surface area (Å²) in [6.45, 7) is 3.53. The van der Waals surface area contributed by atoms with Crippen LogP contribution in [0.25, 0.3) is 55.5 Å². The van der Waals surface area contributed by atoms with E-state index in [0.29, 0.717) is 27.6 Å². The average Bonchev–Trinajstić information content (AvgIpc) is 3.59. The van der Waals surface area contributed by atoms with E-state index >= 15 is 0 Å². The van der Waals surface area contributed by atoms with E-state index in [0.717, 1.165) is 38.7 Å². The van der Waals surface area contributed by atoms with Gasteiger partial charge in [-0.2, -0.15) is 5.10 Å². The van der Waals surface area contributed by atoms with Crippen LogP contribution in [-0.2, 0) is 7.05 Å². The van der Waals surface area contributed by atoms with Crippen molar-refractivity contribution in [1.29, 1.82) is 0 Å². The van der Waals surface area contributed by atoms with E-state index in [1.165, 1.54) is 11.3 Å². The van der Waals surface area contributed by atoms with E-state index in [9.17, 15) is 4.79 Å². The van der Waals surface area contributed by atoms with Crippen molar-refractivity contribution in [3.05, 3.63) is 53.4 Å².